The van der Waals surface area contributed by atoms with E-state index in [1.165, 1.54) is 6.20 Å². The number of hydrogen-bond acceptors (Lipinski definition) is 9. The lowest BCUT2D eigenvalue weighted by Crippen LogP contribution is -2.21. The summed E-state index contributed by atoms with van der Waals surface area (Å²) in [4.78, 5) is 34.0. The molecule has 0 spiro atoms. The topological polar surface area (TPSA) is 108 Å². The van der Waals surface area contributed by atoms with Gasteiger partial charge in [0.1, 0.15) is 10.7 Å². The van der Waals surface area contributed by atoms with Crippen molar-refractivity contribution in [1.29, 1.82) is 0 Å². The predicted molar refractivity (Wildman–Crippen MR) is 111 cm³/mol. The van der Waals surface area contributed by atoms with E-state index in [4.69, 9.17) is 21.1 Å². The Balaban J connectivity index is 2.11. The number of fused-ring (bicyclic) bond motifs is 1. The Kier molecular flexibility index (Phi) is 6.78. The van der Waals surface area contributed by atoms with Crippen molar-refractivity contribution < 1.29 is 14.3 Å². The molecule has 154 valence electrons. The van der Waals surface area contributed by atoms with Crippen molar-refractivity contribution in [1.82, 2.24) is 18.9 Å². The molecule has 0 fully saturated rings. The van der Waals surface area contributed by atoms with Crippen molar-refractivity contribution in [3.63, 3.8) is 0 Å². The van der Waals surface area contributed by atoms with Crippen LogP contribution in [0.25, 0.3) is 16.2 Å². The highest BCUT2D eigenvalue weighted by Gasteiger charge is 2.21. The van der Waals surface area contributed by atoms with E-state index >= 15 is 0 Å². The van der Waals surface area contributed by atoms with E-state index in [9.17, 15) is 9.59 Å². The Morgan fingerprint density at radius 1 is 1.38 bits per heavy atom. The Morgan fingerprint density at radius 3 is 2.90 bits per heavy atom. The van der Waals surface area contributed by atoms with Crippen LogP contribution in [0.1, 0.15) is 29.3 Å². The number of anilines is 1. The molecule has 0 aromatic carbocycles. The minimum atomic E-state index is -0.704. The summed E-state index contributed by atoms with van der Waals surface area (Å²) in [6.45, 7) is 4.84. The average Bonchev–Trinajstić information content (AvgIpc) is 3.14. The number of rotatable bonds is 8. The highest BCUT2D eigenvalue weighted by molar-refractivity contribution is 7.08. The molecule has 0 atom stereocenters. The first-order valence-electron chi connectivity index (χ1n) is 8.92. The number of carbonyl (C=O) groups excluding carboxylic acids is 1. The molecule has 0 radical (unpaired) electrons. The minimum absolute atomic E-state index is 0.101. The molecule has 1 N–H and O–H groups in total. The summed E-state index contributed by atoms with van der Waals surface area (Å²) in [6.07, 6.45) is 2.18. The Bertz CT molecular complexity index is 1100. The molecule has 0 amide bonds. The molecule has 0 unspecified atom stereocenters. The molecule has 0 aliphatic rings. The van der Waals surface area contributed by atoms with Gasteiger partial charge in [0.05, 0.1) is 12.0 Å². The van der Waals surface area contributed by atoms with Gasteiger partial charge in [-0.1, -0.05) is 11.6 Å². The number of carbonyl (C=O) groups is 1. The number of halogens is 1. The summed E-state index contributed by atoms with van der Waals surface area (Å²) in [7, 11) is 1.64. The second kappa shape index (κ2) is 9.29. The van der Waals surface area contributed by atoms with Gasteiger partial charge in [0.2, 0.25) is 16.5 Å². The van der Waals surface area contributed by atoms with E-state index in [1.807, 2.05) is 0 Å². The molecule has 0 saturated heterocycles. The number of methoxy groups -OCH3 is 1. The van der Waals surface area contributed by atoms with Crippen molar-refractivity contribution in [2.24, 2.45) is 0 Å². The lowest BCUT2D eigenvalue weighted by molar-refractivity contribution is 0.0524. The molecule has 0 aliphatic carbocycles. The van der Waals surface area contributed by atoms with Crippen molar-refractivity contribution in [2.75, 3.05) is 32.2 Å². The second-order valence-corrected chi connectivity index (χ2v) is 7.21. The zero-order valence-electron chi connectivity index (χ0n) is 16.2. The third-order valence-electron chi connectivity index (χ3n) is 4.05. The van der Waals surface area contributed by atoms with Crippen molar-refractivity contribution in [2.45, 2.75) is 20.3 Å². The molecule has 0 bridgehead atoms. The third kappa shape index (κ3) is 4.55. The summed E-state index contributed by atoms with van der Waals surface area (Å²) in [6, 6.07) is 1.58. The van der Waals surface area contributed by atoms with Crippen molar-refractivity contribution in [3.05, 3.63) is 38.8 Å². The predicted octanol–water partition coefficient (Wildman–Crippen LogP) is 2.82. The fourth-order valence-electron chi connectivity index (χ4n) is 2.76. The van der Waals surface area contributed by atoms with Crippen molar-refractivity contribution >= 4 is 46.1 Å². The van der Waals surface area contributed by atoms with E-state index < -0.39 is 11.4 Å². The number of aryl methyl sites for hydroxylation is 1. The first-order valence-corrected chi connectivity index (χ1v) is 10.1. The number of pyridine rings is 2. The van der Waals surface area contributed by atoms with Crippen LogP contribution >= 0.6 is 23.1 Å². The van der Waals surface area contributed by atoms with Crippen LogP contribution < -0.4 is 10.7 Å². The number of ether oxygens (including phenoxy) is 2. The quantitative estimate of drug-likeness (QED) is 0.325. The standard InChI is InChI=1S/C18H20ClN5O4S/c1-4-28-16(26)11-9-24(15-13(14(11)25)10(2)8-12(19)21-15)18-22-17(23-29-18)20-6-5-7-27-3/h8-9H,4-7H2,1-3H3,(H,20,23). The molecule has 3 rings (SSSR count). The number of hydrogen-bond donors (Lipinski definition) is 1. The fourth-order valence-corrected chi connectivity index (χ4v) is 3.63. The van der Waals surface area contributed by atoms with Crippen LogP contribution in [0.5, 0.6) is 0 Å². The fraction of sp³-hybridized carbons (Fsp3) is 0.389. The first kappa shape index (κ1) is 21.2. The van der Waals surface area contributed by atoms with Gasteiger partial charge < -0.3 is 14.8 Å². The van der Waals surface area contributed by atoms with Gasteiger partial charge in [-0.15, -0.1) is 0 Å². The maximum atomic E-state index is 12.9. The number of nitrogens with one attached hydrogen (secondary N) is 1. The van der Waals surface area contributed by atoms with Crippen LogP contribution in [0, 0.1) is 6.92 Å². The molecule has 3 heterocycles. The van der Waals surface area contributed by atoms with Crippen LogP contribution in [0.15, 0.2) is 17.1 Å². The maximum Gasteiger partial charge on any atom is 0.343 e. The van der Waals surface area contributed by atoms with Gasteiger partial charge in [0.25, 0.3) is 0 Å². The number of aromatic nitrogens is 4. The van der Waals surface area contributed by atoms with Crippen LogP contribution in [0.4, 0.5) is 5.95 Å². The van der Waals surface area contributed by atoms with Gasteiger partial charge in [-0.25, -0.2) is 9.78 Å². The molecule has 9 nitrogen and oxygen atoms in total. The largest absolute Gasteiger partial charge is 0.462 e. The minimum Gasteiger partial charge on any atom is -0.462 e. The zero-order chi connectivity index (χ0) is 21.0. The Morgan fingerprint density at radius 2 is 2.17 bits per heavy atom. The molecule has 0 aliphatic heterocycles. The molecular weight excluding hydrogens is 418 g/mol. The first-order chi connectivity index (χ1) is 14.0. The zero-order valence-corrected chi connectivity index (χ0v) is 17.8. The molecule has 3 aromatic rings. The van der Waals surface area contributed by atoms with Gasteiger partial charge in [-0.2, -0.15) is 9.36 Å². The van der Waals surface area contributed by atoms with Crippen molar-refractivity contribution in [3.8, 4) is 5.13 Å². The summed E-state index contributed by atoms with van der Waals surface area (Å²) >= 11 is 7.22. The lowest BCUT2D eigenvalue weighted by Gasteiger charge is -2.11. The van der Waals surface area contributed by atoms with Gasteiger partial charge in [-0.05, 0) is 31.9 Å². The average molecular weight is 438 g/mol. The maximum absolute atomic E-state index is 12.9. The molecule has 0 saturated carbocycles. The highest BCUT2D eigenvalue weighted by atomic mass is 35.5. The molecular formula is C18H20ClN5O4S. The second-order valence-electron chi connectivity index (χ2n) is 6.10. The third-order valence-corrected chi connectivity index (χ3v) is 4.96. The number of nitrogens with zero attached hydrogens (tertiary/aromatic N) is 4. The lowest BCUT2D eigenvalue weighted by atomic mass is 10.1. The van der Waals surface area contributed by atoms with Gasteiger partial charge in [0.15, 0.2) is 5.65 Å². The van der Waals surface area contributed by atoms with E-state index in [1.54, 1.807) is 31.6 Å². The Labute approximate surface area is 175 Å². The molecule has 29 heavy (non-hydrogen) atoms. The van der Waals surface area contributed by atoms with Crippen LogP contribution in [-0.4, -0.2) is 51.7 Å². The SMILES string of the molecule is CCOC(=O)c1cn(-c2nc(NCCCOC)ns2)c2nc(Cl)cc(C)c2c1=O. The normalized spacial score (nSPS) is 11.0. The summed E-state index contributed by atoms with van der Waals surface area (Å²) < 4.78 is 15.9. The summed E-state index contributed by atoms with van der Waals surface area (Å²) in [5, 5.41) is 4.05. The van der Waals surface area contributed by atoms with Crippen LogP contribution in [0.2, 0.25) is 5.15 Å². The monoisotopic (exact) mass is 437 g/mol. The molecule has 3 aromatic heterocycles. The molecule has 11 heteroatoms. The summed E-state index contributed by atoms with van der Waals surface area (Å²) in [5.41, 5.74) is 0.345. The summed E-state index contributed by atoms with van der Waals surface area (Å²) in [5.74, 6) is -0.269. The smallest absolute Gasteiger partial charge is 0.343 e. The number of esters is 1. The van der Waals surface area contributed by atoms with Gasteiger partial charge >= 0.3 is 5.97 Å². The van der Waals surface area contributed by atoms with Crippen LogP contribution in [-0.2, 0) is 9.47 Å². The highest BCUT2D eigenvalue weighted by Crippen LogP contribution is 2.23. The Hall–Kier alpha value is -2.56. The van der Waals surface area contributed by atoms with Gasteiger partial charge in [0, 0.05) is 38.0 Å². The van der Waals surface area contributed by atoms with E-state index in [0.717, 1.165) is 18.0 Å². The van der Waals surface area contributed by atoms with E-state index in [2.05, 4.69) is 19.7 Å². The van der Waals surface area contributed by atoms with E-state index in [-0.39, 0.29) is 22.7 Å². The van der Waals surface area contributed by atoms with Crippen LogP contribution in [0.3, 0.4) is 0 Å². The van der Waals surface area contributed by atoms with Gasteiger partial charge in [-0.3, -0.25) is 9.36 Å². The van der Waals surface area contributed by atoms with E-state index in [0.29, 0.717) is 35.4 Å².